The van der Waals surface area contributed by atoms with E-state index in [1.165, 1.54) is 22.9 Å². The summed E-state index contributed by atoms with van der Waals surface area (Å²) in [6.07, 6.45) is 1.40. The summed E-state index contributed by atoms with van der Waals surface area (Å²) in [6.45, 7) is 0. The molecule has 8 heteroatoms. The standard InChI is InChI=1S/C9H11N3O4S/c10-5-7(13)12-6(9(14)15)4(1-2-11-16)3-17-8(5)12/h2,5,8,16H,1,3,10H2,(H,14,15)/t5-,8+/m1/s1. The number of carboxylic acids is 1. The zero-order valence-electron chi connectivity index (χ0n) is 8.74. The summed E-state index contributed by atoms with van der Waals surface area (Å²) in [4.78, 5) is 23.9. The Kier molecular flexibility index (Phi) is 3.07. The normalized spacial score (nSPS) is 28.3. The van der Waals surface area contributed by atoms with Gasteiger partial charge in [0.1, 0.15) is 17.1 Å². The molecule has 0 aliphatic carbocycles. The molecule has 17 heavy (non-hydrogen) atoms. The van der Waals surface area contributed by atoms with Gasteiger partial charge in [-0.25, -0.2) is 4.79 Å². The summed E-state index contributed by atoms with van der Waals surface area (Å²) in [5.41, 5.74) is 6.12. The number of carboxylic acid groups (broad SMARTS) is 1. The molecule has 2 aliphatic rings. The van der Waals surface area contributed by atoms with Gasteiger partial charge in [0.2, 0.25) is 5.91 Å². The van der Waals surface area contributed by atoms with Crippen molar-refractivity contribution in [1.29, 1.82) is 0 Å². The molecule has 7 nitrogen and oxygen atoms in total. The van der Waals surface area contributed by atoms with Crippen LogP contribution in [0.5, 0.6) is 0 Å². The lowest BCUT2D eigenvalue weighted by Gasteiger charge is -2.47. The van der Waals surface area contributed by atoms with Crippen LogP contribution in [-0.4, -0.2) is 50.5 Å². The number of fused-ring (bicyclic) bond motifs is 1. The number of aliphatic carboxylic acids is 1. The summed E-state index contributed by atoms with van der Waals surface area (Å²) in [5, 5.41) is 20.0. The molecule has 0 spiro atoms. The molecule has 92 valence electrons. The number of hydrogen-bond donors (Lipinski definition) is 3. The van der Waals surface area contributed by atoms with Gasteiger partial charge in [-0.05, 0) is 5.57 Å². The summed E-state index contributed by atoms with van der Waals surface area (Å²) in [7, 11) is 0. The van der Waals surface area contributed by atoms with E-state index in [0.717, 1.165) is 0 Å². The predicted octanol–water partition coefficient (Wildman–Crippen LogP) is -0.582. The number of carbonyl (C=O) groups excluding carboxylic acids is 1. The summed E-state index contributed by atoms with van der Waals surface area (Å²) in [6, 6.07) is -0.623. The van der Waals surface area contributed by atoms with Crippen LogP contribution in [0, 0.1) is 0 Å². The maximum Gasteiger partial charge on any atom is 0.352 e. The molecule has 1 saturated heterocycles. The Balaban J connectivity index is 2.33. The molecule has 4 N–H and O–H groups in total. The van der Waals surface area contributed by atoms with Crippen molar-refractivity contribution in [2.45, 2.75) is 17.8 Å². The zero-order chi connectivity index (χ0) is 12.6. The molecule has 0 bridgehead atoms. The Morgan fingerprint density at radius 1 is 1.71 bits per heavy atom. The number of thioether (sulfide) groups is 1. The van der Waals surface area contributed by atoms with Gasteiger partial charge in [0.05, 0.1) is 0 Å². The SMILES string of the molecule is N[C@@H]1C(=O)N2C(C(=O)O)=C(CC=NO)CS[C@@H]12. The molecule has 0 radical (unpaired) electrons. The van der Waals surface area contributed by atoms with Crippen LogP contribution in [-0.2, 0) is 9.59 Å². The van der Waals surface area contributed by atoms with Crippen molar-refractivity contribution in [3.05, 3.63) is 11.3 Å². The Bertz CT molecular complexity index is 434. The van der Waals surface area contributed by atoms with Crippen molar-refractivity contribution >= 4 is 29.9 Å². The second-order valence-electron chi connectivity index (χ2n) is 3.70. The Hall–Kier alpha value is -1.54. The van der Waals surface area contributed by atoms with Gasteiger partial charge in [0.15, 0.2) is 0 Å². The molecule has 1 amide bonds. The molecule has 2 heterocycles. The summed E-state index contributed by atoms with van der Waals surface area (Å²) in [5.74, 6) is -1.06. The number of nitrogens with two attached hydrogens (primary N) is 1. The van der Waals surface area contributed by atoms with E-state index in [0.29, 0.717) is 11.3 Å². The van der Waals surface area contributed by atoms with Crippen molar-refractivity contribution in [1.82, 2.24) is 4.90 Å². The van der Waals surface area contributed by atoms with Gasteiger partial charge in [0.25, 0.3) is 0 Å². The second kappa shape index (κ2) is 4.38. The third-order valence-electron chi connectivity index (χ3n) is 2.71. The van der Waals surface area contributed by atoms with E-state index in [-0.39, 0.29) is 23.4 Å². The van der Waals surface area contributed by atoms with Gasteiger partial charge in [-0.15, -0.1) is 16.9 Å². The smallest absolute Gasteiger partial charge is 0.352 e. The van der Waals surface area contributed by atoms with Crippen LogP contribution in [0.25, 0.3) is 0 Å². The molecule has 0 unspecified atom stereocenters. The van der Waals surface area contributed by atoms with Crippen LogP contribution in [0.4, 0.5) is 0 Å². The second-order valence-corrected chi connectivity index (χ2v) is 4.80. The first-order chi connectivity index (χ1) is 8.07. The van der Waals surface area contributed by atoms with Crippen molar-refractivity contribution in [3.8, 4) is 0 Å². The number of hydrogen-bond acceptors (Lipinski definition) is 6. The highest BCUT2D eigenvalue weighted by Gasteiger charge is 2.51. The highest BCUT2D eigenvalue weighted by molar-refractivity contribution is 8.00. The maximum absolute atomic E-state index is 11.5. The number of amides is 1. The Morgan fingerprint density at radius 3 is 3.00 bits per heavy atom. The quantitative estimate of drug-likeness (QED) is 0.269. The largest absolute Gasteiger partial charge is 0.477 e. The van der Waals surface area contributed by atoms with Crippen molar-refractivity contribution in [3.63, 3.8) is 0 Å². The number of rotatable bonds is 3. The van der Waals surface area contributed by atoms with E-state index in [2.05, 4.69) is 5.16 Å². The molecule has 0 aromatic carbocycles. The van der Waals surface area contributed by atoms with Gasteiger partial charge in [-0.1, -0.05) is 0 Å². The van der Waals surface area contributed by atoms with Gasteiger partial charge >= 0.3 is 5.97 Å². The molecular weight excluding hydrogens is 246 g/mol. The van der Waals surface area contributed by atoms with E-state index in [1.807, 2.05) is 0 Å². The molecule has 2 aliphatic heterocycles. The van der Waals surface area contributed by atoms with Crippen LogP contribution >= 0.6 is 11.8 Å². The topological polar surface area (TPSA) is 116 Å². The maximum atomic E-state index is 11.5. The minimum absolute atomic E-state index is 0.0275. The van der Waals surface area contributed by atoms with E-state index in [1.54, 1.807) is 0 Å². The number of carbonyl (C=O) groups is 2. The minimum Gasteiger partial charge on any atom is -0.477 e. The molecule has 1 fully saturated rings. The molecule has 0 saturated carbocycles. The van der Waals surface area contributed by atoms with Gasteiger partial charge in [-0.2, -0.15) is 0 Å². The highest BCUT2D eigenvalue weighted by Crippen LogP contribution is 2.39. The molecule has 2 rings (SSSR count). The van der Waals surface area contributed by atoms with Crippen LogP contribution in [0.2, 0.25) is 0 Å². The van der Waals surface area contributed by atoms with E-state index in [9.17, 15) is 9.59 Å². The van der Waals surface area contributed by atoms with Crippen LogP contribution in [0.15, 0.2) is 16.4 Å². The summed E-state index contributed by atoms with van der Waals surface area (Å²) < 4.78 is 0. The molecular formula is C9H11N3O4S. The van der Waals surface area contributed by atoms with Crippen molar-refractivity contribution in [2.75, 3.05) is 5.75 Å². The van der Waals surface area contributed by atoms with E-state index in [4.69, 9.17) is 16.0 Å². The Morgan fingerprint density at radius 2 is 2.41 bits per heavy atom. The lowest BCUT2D eigenvalue weighted by Crippen LogP contribution is -2.68. The van der Waals surface area contributed by atoms with Crippen LogP contribution < -0.4 is 5.73 Å². The molecule has 0 aromatic heterocycles. The first-order valence-corrected chi connectivity index (χ1v) is 5.94. The van der Waals surface area contributed by atoms with Crippen molar-refractivity contribution < 1.29 is 19.9 Å². The average Bonchev–Trinajstić information content (AvgIpc) is 2.33. The summed E-state index contributed by atoms with van der Waals surface area (Å²) >= 11 is 1.42. The molecule has 0 aromatic rings. The van der Waals surface area contributed by atoms with E-state index >= 15 is 0 Å². The van der Waals surface area contributed by atoms with E-state index < -0.39 is 12.0 Å². The number of oxime groups is 1. The fourth-order valence-corrected chi connectivity index (χ4v) is 3.20. The first kappa shape index (κ1) is 11.9. The number of β-lactam (4-membered cyclic amide) rings is 1. The third-order valence-corrected chi connectivity index (χ3v) is 4.07. The Labute approximate surface area is 101 Å². The monoisotopic (exact) mass is 257 g/mol. The lowest BCUT2D eigenvalue weighted by atomic mass is 10.0. The van der Waals surface area contributed by atoms with Crippen LogP contribution in [0.3, 0.4) is 0 Å². The third kappa shape index (κ3) is 1.79. The molecule has 2 atom stereocenters. The first-order valence-electron chi connectivity index (χ1n) is 4.89. The van der Waals surface area contributed by atoms with Gasteiger partial charge < -0.3 is 16.0 Å². The fraction of sp³-hybridized carbons (Fsp3) is 0.444. The number of nitrogens with zero attached hydrogens (tertiary/aromatic N) is 2. The van der Waals surface area contributed by atoms with Crippen molar-refractivity contribution in [2.24, 2.45) is 10.9 Å². The zero-order valence-corrected chi connectivity index (χ0v) is 9.55. The predicted molar refractivity (Wildman–Crippen MR) is 60.6 cm³/mol. The van der Waals surface area contributed by atoms with Gasteiger partial charge in [-0.3, -0.25) is 9.69 Å². The van der Waals surface area contributed by atoms with Gasteiger partial charge in [0, 0.05) is 18.4 Å². The highest BCUT2D eigenvalue weighted by atomic mass is 32.2. The lowest BCUT2D eigenvalue weighted by molar-refractivity contribution is -0.147. The fourth-order valence-electron chi connectivity index (χ4n) is 1.89. The average molecular weight is 257 g/mol. The van der Waals surface area contributed by atoms with Crippen LogP contribution in [0.1, 0.15) is 6.42 Å². The minimum atomic E-state index is -1.16.